The van der Waals surface area contributed by atoms with Gasteiger partial charge in [0.15, 0.2) is 0 Å². The summed E-state index contributed by atoms with van der Waals surface area (Å²) in [6.45, 7) is 4.92. The minimum absolute atomic E-state index is 0.0738. The zero-order valence-electron chi connectivity index (χ0n) is 12.7. The van der Waals surface area contributed by atoms with Gasteiger partial charge in [-0.2, -0.15) is 5.10 Å². The molecule has 0 saturated carbocycles. The topological polar surface area (TPSA) is 29.9 Å². The zero-order chi connectivity index (χ0) is 15.4. The highest BCUT2D eigenvalue weighted by atomic mass is 79.9. The third-order valence-corrected chi connectivity index (χ3v) is 4.19. The van der Waals surface area contributed by atoms with Crippen molar-refractivity contribution in [1.82, 2.24) is 15.1 Å². The highest BCUT2D eigenvalue weighted by Crippen LogP contribution is 2.28. The second kappa shape index (κ2) is 7.18. The van der Waals surface area contributed by atoms with E-state index in [4.69, 9.17) is 0 Å². The van der Waals surface area contributed by atoms with Crippen molar-refractivity contribution in [2.45, 2.75) is 32.7 Å². The second-order valence-corrected chi connectivity index (χ2v) is 6.10. The highest BCUT2D eigenvalue weighted by Gasteiger charge is 2.20. The van der Waals surface area contributed by atoms with E-state index in [9.17, 15) is 4.39 Å². The van der Waals surface area contributed by atoms with E-state index in [0.717, 1.165) is 28.8 Å². The summed E-state index contributed by atoms with van der Waals surface area (Å²) in [5.74, 6) is -0.183. The first-order valence-corrected chi connectivity index (χ1v) is 7.99. The van der Waals surface area contributed by atoms with E-state index in [2.05, 4.69) is 39.3 Å². The van der Waals surface area contributed by atoms with E-state index in [-0.39, 0.29) is 11.9 Å². The number of halogens is 2. The van der Waals surface area contributed by atoms with Gasteiger partial charge in [0, 0.05) is 35.2 Å². The highest BCUT2D eigenvalue weighted by molar-refractivity contribution is 9.10. The van der Waals surface area contributed by atoms with Crippen LogP contribution < -0.4 is 5.32 Å². The summed E-state index contributed by atoms with van der Waals surface area (Å²) in [6, 6.07) is 7.09. The van der Waals surface area contributed by atoms with Crippen molar-refractivity contribution in [3.8, 4) is 0 Å². The van der Waals surface area contributed by atoms with Crippen LogP contribution in [0.15, 0.2) is 28.7 Å². The Morgan fingerprint density at radius 3 is 2.76 bits per heavy atom. The Balaban J connectivity index is 2.32. The zero-order valence-corrected chi connectivity index (χ0v) is 14.2. The average molecular weight is 354 g/mol. The van der Waals surface area contributed by atoms with Gasteiger partial charge < -0.3 is 5.32 Å². The van der Waals surface area contributed by atoms with Crippen LogP contribution >= 0.6 is 15.9 Å². The maximum absolute atomic E-state index is 14.2. The molecule has 1 heterocycles. The van der Waals surface area contributed by atoms with E-state index in [1.165, 1.54) is 6.07 Å². The molecule has 2 aromatic rings. The molecule has 114 valence electrons. The summed E-state index contributed by atoms with van der Waals surface area (Å²) in [6.07, 6.45) is 1.71. The smallest absolute Gasteiger partial charge is 0.129 e. The molecule has 0 aliphatic carbocycles. The third kappa shape index (κ3) is 3.92. The van der Waals surface area contributed by atoms with Crippen LogP contribution in [0, 0.1) is 12.7 Å². The number of aryl methyl sites for hydroxylation is 2. The van der Waals surface area contributed by atoms with E-state index < -0.39 is 0 Å². The molecule has 3 nitrogen and oxygen atoms in total. The van der Waals surface area contributed by atoms with Gasteiger partial charge in [0.2, 0.25) is 0 Å². The van der Waals surface area contributed by atoms with Crippen molar-refractivity contribution < 1.29 is 4.39 Å². The average Bonchev–Trinajstić information content (AvgIpc) is 2.73. The predicted molar refractivity (Wildman–Crippen MR) is 86.8 cm³/mol. The van der Waals surface area contributed by atoms with E-state index in [1.807, 2.05) is 24.7 Å². The number of rotatable bonds is 6. The lowest BCUT2D eigenvalue weighted by Gasteiger charge is -2.21. The van der Waals surface area contributed by atoms with Gasteiger partial charge in [0.05, 0.1) is 5.69 Å². The van der Waals surface area contributed by atoms with Crippen LogP contribution in [-0.2, 0) is 13.5 Å². The van der Waals surface area contributed by atoms with Gasteiger partial charge in [0.1, 0.15) is 5.82 Å². The molecule has 1 N–H and O–H groups in total. The van der Waals surface area contributed by atoms with E-state index in [0.29, 0.717) is 12.0 Å². The molecule has 0 aliphatic rings. The summed E-state index contributed by atoms with van der Waals surface area (Å²) in [5.41, 5.74) is 2.76. The fraction of sp³-hybridized carbons (Fsp3) is 0.438. The fourth-order valence-electron chi connectivity index (χ4n) is 2.50. The summed E-state index contributed by atoms with van der Waals surface area (Å²) in [7, 11) is 1.93. The number of hydrogen-bond acceptors (Lipinski definition) is 2. The van der Waals surface area contributed by atoms with Crippen molar-refractivity contribution in [2.75, 3.05) is 6.54 Å². The van der Waals surface area contributed by atoms with Gasteiger partial charge in [0.25, 0.3) is 0 Å². The van der Waals surface area contributed by atoms with Gasteiger partial charge in [-0.25, -0.2) is 4.39 Å². The SMILES string of the molecule is CCCNC(Cc1cc(C)nn1C)c1c(F)cccc1Br. The quantitative estimate of drug-likeness (QED) is 0.852. The van der Waals surface area contributed by atoms with Crippen LogP contribution in [-0.4, -0.2) is 16.3 Å². The van der Waals surface area contributed by atoms with Gasteiger partial charge in [-0.05, 0) is 38.1 Å². The Morgan fingerprint density at radius 2 is 2.19 bits per heavy atom. The van der Waals surface area contributed by atoms with Crippen molar-refractivity contribution >= 4 is 15.9 Å². The molecule has 0 aliphatic heterocycles. The molecule has 5 heteroatoms. The van der Waals surface area contributed by atoms with Crippen molar-refractivity contribution in [3.63, 3.8) is 0 Å². The van der Waals surface area contributed by atoms with Gasteiger partial charge in [-0.1, -0.05) is 28.9 Å². The molecule has 0 fully saturated rings. The van der Waals surface area contributed by atoms with E-state index >= 15 is 0 Å². The number of hydrogen-bond donors (Lipinski definition) is 1. The van der Waals surface area contributed by atoms with Crippen LogP contribution in [0.3, 0.4) is 0 Å². The Kier molecular flexibility index (Phi) is 5.53. The molecule has 1 aromatic heterocycles. The lowest BCUT2D eigenvalue weighted by Crippen LogP contribution is -2.26. The summed E-state index contributed by atoms with van der Waals surface area (Å²) in [5, 5.41) is 7.81. The molecule has 2 rings (SSSR count). The minimum atomic E-state index is -0.183. The molecular formula is C16H21BrFN3. The maximum Gasteiger partial charge on any atom is 0.129 e. The third-order valence-electron chi connectivity index (χ3n) is 3.50. The first kappa shape index (κ1) is 16.2. The van der Waals surface area contributed by atoms with Crippen molar-refractivity contribution in [1.29, 1.82) is 0 Å². The summed E-state index contributed by atoms with van der Waals surface area (Å²) in [4.78, 5) is 0. The normalized spacial score (nSPS) is 12.6. The molecule has 0 amide bonds. The standard InChI is InChI=1S/C16H21BrFN3/c1-4-8-19-15(10-12-9-11(2)20-21(12)3)16-13(17)6-5-7-14(16)18/h5-7,9,15,19H,4,8,10H2,1-3H3. The van der Waals surface area contributed by atoms with Crippen molar-refractivity contribution in [2.24, 2.45) is 7.05 Å². The van der Waals surface area contributed by atoms with Crippen LogP contribution in [0.2, 0.25) is 0 Å². The van der Waals surface area contributed by atoms with Gasteiger partial charge in [-0.3, -0.25) is 4.68 Å². The largest absolute Gasteiger partial charge is 0.309 e. The molecule has 1 aromatic carbocycles. The summed E-state index contributed by atoms with van der Waals surface area (Å²) >= 11 is 3.47. The second-order valence-electron chi connectivity index (χ2n) is 5.25. The summed E-state index contributed by atoms with van der Waals surface area (Å²) < 4.78 is 16.9. The number of nitrogens with one attached hydrogen (secondary N) is 1. The Bertz CT molecular complexity index is 589. The molecule has 21 heavy (non-hydrogen) atoms. The van der Waals surface area contributed by atoms with Crippen LogP contribution in [0.4, 0.5) is 4.39 Å². The molecule has 0 saturated heterocycles. The molecule has 0 spiro atoms. The van der Waals surface area contributed by atoms with Gasteiger partial charge >= 0.3 is 0 Å². The monoisotopic (exact) mass is 353 g/mol. The molecular weight excluding hydrogens is 333 g/mol. The Morgan fingerprint density at radius 1 is 1.43 bits per heavy atom. The number of aromatic nitrogens is 2. The van der Waals surface area contributed by atoms with Crippen LogP contribution in [0.1, 0.15) is 36.3 Å². The van der Waals surface area contributed by atoms with Crippen LogP contribution in [0.25, 0.3) is 0 Å². The van der Waals surface area contributed by atoms with Crippen LogP contribution in [0.5, 0.6) is 0 Å². The molecule has 1 atom stereocenters. The van der Waals surface area contributed by atoms with Gasteiger partial charge in [-0.15, -0.1) is 0 Å². The first-order valence-electron chi connectivity index (χ1n) is 7.19. The Labute approximate surface area is 133 Å². The minimum Gasteiger partial charge on any atom is -0.309 e. The Hall–Kier alpha value is -1.20. The number of nitrogens with zero attached hydrogens (tertiary/aromatic N) is 2. The molecule has 1 unspecified atom stereocenters. The maximum atomic E-state index is 14.2. The molecule has 0 radical (unpaired) electrons. The predicted octanol–water partition coefficient (Wildman–Crippen LogP) is 3.91. The lowest BCUT2D eigenvalue weighted by atomic mass is 10.0. The molecule has 0 bridgehead atoms. The lowest BCUT2D eigenvalue weighted by molar-refractivity contribution is 0.483. The first-order chi connectivity index (χ1) is 10.0. The van der Waals surface area contributed by atoms with Crippen molar-refractivity contribution in [3.05, 3.63) is 51.5 Å². The van der Waals surface area contributed by atoms with E-state index in [1.54, 1.807) is 6.07 Å². The fourth-order valence-corrected chi connectivity index (χ4v) is 3.12. The number of benzene rings is 1.